The van der Waals surface area contributed by atoms with E-state index in [1.807, 2.05) is 4.90 Å². The van der Waals surface area contributed by atoms with Crippen molar-refractivity contribution in [1.82, 2.24) is 9.80 Å². The third-order valence-corrected chi connectivity index (χ3v) is 3.72. The Kier molecular flexibility index (Phi) is 4.36. The molecule has 1 amide bonds. The summed E-state index contributed by atoms with van der Waals surface area (Å²) in [6.07, 6.45) is 3.11. The van der Waals surface area contributed by atoms with Crippen LogP contribution in [0.3, 0.4) is 0 Å². The Labute approximate surface area is 103 Å². The SMILES string of the molecule is CN1CCN(C(=O)COC2CCC(N)C2)CC1. The lowest BCUT2D eigenvalue weighted by atomic mass is 10.3. The van der Waals surface area contributed by atoms with Crippen molar-refractivity contribution in [2.45, 2.75) is 31.4 Å². The highest BCUT2D eigenvalue weighted by atomic mass is 16.5. The number of likely N-dealkylation sites (N-methyl/N-ethyl adjacent to an activating group) is 1. The molecule has 2 aliphatic rings. The van der Waals surface area contributed by atoms with Crippen LogP contribution < -0.4 is 5.73 Å². The lowest BCUT2D eigenvalue weighted by molar-refractivity contribution is -0.139. The average Bonchev–Trinajstić information content (AvgIpc) is 2.73. The zero-order chi connectivity index (χ0) is 12.3. The number of rotatable bonds is 3. The number of carbonyl (C=O) groups excluding carboxylic acids is 1. The Morgan fingerprint density at radius 3 is 2.59 bits per heavy atom. The summed E-state index contributed by atoms with van der Waals surface area (Å²) in [5.74, 6) is 0.124. The van der Waals surface area contributed by atoms with Gasteiger partial charge in [-0.1, -0.05) is 0 Å². The minimum Gasteiger partial charge on any atom is -0.368 e. The normalized spacial score (nSPS) is 30.8. The molecule has 17 heavy (non-hydrogen) atoms. The van der Waals surface area contributed by atoms with Crippen molar-refractivity contribution >= 4 is 5.91 Å². The van der Waals surface area contributed by atoms with E-state index >= 15 is 0 Å². The highest BCUT2D eigenvalue weighted by molar-refractivity contribution is 5.77. The molecule has 0 aromatic carbocycles. The number of nitrogens with two attached hydrogens (primary N) is 1. The van der Waals surface area contributed by atoms with Crippen LogP contribution in [0.15, 0.2) is 0 Å². The molecule has 2 atom stereocenters. The van der Waals surface area contributed by atoms with Gasteiger partial charge >= 0.3 is 0 Å². The summed E-state index contributed by atoms with van der Waals surface area (Å²) in [5.41, 5.74) is 5.81. The maximum absolute atomic E-state index is 11.9. The van der Waals surface area contributed by atoms with Crippen molar-refractivity contribution in [2.24, 2.45) is 5.73 Å². The van der Waals surface area contributed by atoms with Gasteiger partial charge in [-0.3, -0.25) is 4.79 Å². The topological polar surface area (TPSA) is 58.8 Å². The maximum atomic E-state index is 11.9. The summed E-state index contributed by atoms with van der Waals surface area (Å²) in [6.45, 7) is 3.78. The van der Waals surface area contributed by atoms with E-state index < -0.39 is 0 Å². The van der Waals surface area contributed by atoms with Gasteiger partial charge in [-0.05, 0) is 26.3 Å². The Bertz CT molecular complexity index is 264. The van der Waals surface area contributed by atoms with Crippen LogP contribution in [-0.2, 0) is 9.53 Å². The molecule has 2 rings (SSSR count). The summed E-state index contributed by atoms with van der Waals surface area (Å²) in [5, 5.41) is 0. The van der Waals surface area contributed by atoms with E-state index in [9.17, 15) is 4.79 Å². The summed E-state index contributed by atoms with van der Waals surface area (Å²) in [7, 11) is 2.08. The Hall–Kier alpha value is -0.650. The number of ether oxygens (including phenoxy) is 1. The minimum atomic E-state index is 0.124. The van der Waals surface area contributed by atoms with Crippen molar-refractivity contribution in [3.05, 3.63) is 0 Å². The number of hydrogen-bond acceptors (Lipinski definition) is 4. The number of amides is 1. The van der Waals surface area contributed by atoms with Gasteiger partial charge in [0.1, 0.15) is 6.61 Å². The van der Waals surface area contributed by atoms with Crippen LogP contribution in [0.4, 0.5) is 0 Å². The fourth-order valence-electron chi connectivity index (χ4n) is 2.46. The summed E-state index contributed by atoms with van der Waals surface area (Å²) in [4.78, 5) is 16.0. The van der Waals surface area contributed by atoms with Crippen LogP contribution in [0.2, 0.25) is 0 Å². The van der Waals surface area contributed by atoms with Gasteiger partial charge in [0.05, 0.1) is 6.10 Å². The van der Waals surface area contributed by atoms with Gasteiger partial charge < -0.3 is 20.3 Å². The number of carbonyl (C=O) groups is 1. The van der Waals surface area contributed by atoms with Gasteiger partial charge in [-0.15, -0.1) is 0 Å². The van der Waals surface area contributed by atoms with Crippen LogP contribution in [0.25, 0.3) is 0 Å². The molecule has 1 saturated carbocycles. The van der Waals surface area contributed by atoms with Crippen molar-refractivity contribution in [3.8, 4) is 0 Å². The molecule has 1 saturated heterocycles. The predicted octanol–water partition coefficient (Wildman–Crippen LogP) is -0.343. The zero-order valence-corrected chi connectivity index (χ0v) is 10.6. The molecule has 2 N–H and O–H groups in total. The highest BCUT2D eigenvalue weighted by Crippen LogP contribution is 2.20. The number of hydrogen-bond donors (Lipinski definition) is 1. The van der Waals surface area contributed by atoms with E-state index in [2.05, 4.69) is 11.9 Å². The first kappa shape index (κ1) is 12.8. The van der Waals surface area contributed by atoms with Gasteiger partial charge in [0.2, 0.25) is 5.91 Å². The van der Waals surface area contributed by atoms with Gasteiger partial charge in [-0.2, -0.15) is 0 Å². The molecular weight excluding hydrogens is 218 g/mol. The first-order chi connectivity index (χ1) is 8.15. The molecule has 1 aliphatic carbocycles. The van der Waals surface area contributed by atoms with Crippen LogP contribution in [0.1, 0.15) is 19.3 Å². The molecule has 1 aliphatic heterocycles. The molecular formula is C12H23N3O2. The van der Waals surface area contributed by atoms with Crippen molar-refractivity contribution < 1.29 is 9.53 Å². The summed E-state index contributed by atoms with van der Waals surface area (Å²) < 4.78 is 5.63. The van der Waals surface area contributed by atoms with Gasteiger partial charge in [0, 0.05) is 32.2 Å². The molecule has 0 aromatic heterocycles. The molecule has 5 nitrogen and oxygen atoms in total. The summed E-state index contributed by atoms with van der Waals surface area (Å²) in [6, 6.07) is 0.263. The quantitative estimate of drug-likeness (QED) is 0.734. The smallest absolute Gasteiger partial charge is 0.248 e. The second kappa shape index (κ2) is 5.80. The van der Waals surface area contributed by atoms with E-state index in [0.717, 1.165) is 45.4 Å². The second-order valence-electron chi connectivity index (χ2n) is 5.19. The molecule has 0 aromatic rings. The lowest BCUT2D eigenvalue weighted by Gasteiger charge is -2.32. The van der Waals surface area contributed by atoms with E-state index in [1.54, 1.807) is 0 Å². The van der Waals surface area contributed by atoms with Crippen molar-refractivity contribution in [1.29, 1.82) is 0 Å². The van der Waals surface area contributed by atoms with Crippen molar-refractivity contribution in [3.63, 3.8) is 0 Å². The first-order valence-electron chi connectivity index (χ1n) is 6.48. The van der Waals surface area contributed by atoms with Crippen LogP contribution in [-0.4, -0.2) is 67.7 Å². The fraction of sp³-hybridized carbons (Fsp3) is 0.917. The largest absolute Gasteiger partial charge is 0.368 e. The monoisotopic (exact) mass is 241 g/mol. The third kappa shape index (κ3) is 3.66. The predicted molar refractivity (Wildman–Crippen MR) is 65.6 cm³/mol. The molecule has 1 heterocycles. The Morgan fingerprint density at radius 1 is 1.29 bits per heavy atom. The van der Waals surface area contributed by atoms with Gasteiger partial charge in [-0.25, -0.2) is 0 Å². The van der Waals surface area contributed by atoms with Gasteiger partial charge in [0.25, 0.3) is 0 Å². The highest BCUT2D eigenvalue weighted by Gasteiger charge is 2.24. The lowest BCUT2D eigenvalue weighted by Crippen LogP contribution is -2.48. The second-order valence-corrected chi connectivity index (χ2v) is 5.19. The van der Waals surface area contributed by atoms with Crippen LogP contribution >= 0.6 is 0 Å². The van der Waals surface area contributed by atoms with E-state index in [1.165, 1.54) is 0 Å². The van der Waals surface area contributed by atoms with Crippen LogP contribution in [0, 0.1) is 0 Å². The standard InChI is InChI=1S/C12H23N3O2/c1-14-4-6-15(7-5-14)12(16)9-17-11-3-2-10(13)8-11/h10-11H,2-9,13H2,1H3. The van der Waals surface area contributed by atoms with Crippen LogP contribution in [0.5, 0.6) is 0 Å². The Balaban J connectivity index is 1.67. The zero-order valence-electron chi connectivity index (χ0n) is 10.6. The van der Waals surface area contributed by atoms with Crippen molar-refractivity contribution in [2.75, 3.05) is 39.8 Å². The van der Waals surface area contributed by atoms with E-state index in [0.29, 0.717) is 0 Å². The molecule has 5 heteroatoms. The molecule has 0 spiro atoms. The molecule has 0 bridgehead atoms. The molecule has 2 fully saturated rings. The first-order valence-corrected chi connectivity index (χ1v) is 6.48. The fourth-order valence-corrected chi connectivity index (χ4v) is 2.46. The maximum Gasteiger partial charge on any atom is 0.248 e. The molecule has 2 unspecified atom stereocenters. The van der Waals surface area contributed by atoms with Gasteiger partial charge in [0.15, 0.2) is 0 Å². The Morgan fingerprint density at radius 2 is 2.00 bits per heavy atom. The van der Waals surface area contributed by atoms with E-state index in [4.69, 9.17) is 10.5 Å². The van der Waals surface area contributed by atoms with E-state index in [-0.39, 0.29) is 24.7 Å². The molecule has 98 valence electrons. The minimum absolute atomic E-state index is 0.124. The average molecular weight is 241 g/mol. The summed E-state index contributed by atoms with van der Waals surface area (Å²) >= 11 is 0. The number of piperazine rings is 1. The number of nitrogens with zero attached hydrogens (tertiary/aromatic N) is 2. The molecule has 0 radical (unpaired) electrons. The third-order valence-electron chi connectivity index (χ3n) is 3.72.